The van der Waals surface area contributed by atoms with Crippen LogP contribution >= 0.6 is 23.4 Å². The van der Waals surface area contributed by atoms with Crippen LogP contribution in [0.1, 0.15) is 19.0 Å². The van der Waals surface area contributed by atoms with E-state index >= 15 is 0 Å². The van der Waals surface area contributed by atoms with Crippen LogP contribution in [0.25, 0.3) is 22.2 Å². The molecule has 2 N–H and O–H groups in total. The van der Waals surface area contributed by atoms with Crippen molar-refractivity contribution < 1.29 is 0 Å². The van der Waals surface area contributed by atoms with E-state index in [9.17, 15) is 0 Å². The van der Waals surface area contributed by atoms with E-state index in [0.717, 1.165) is 70.0 Å². The van der Waals surface area contributed by atoms with E-state index in [2.05, 4.69) is 37.1 Å². The minimum absolute atomic E-state index is 0.529. The van der Waals surface area contributed by atoms with Gasteiger partial charge in [0.25, 0.3) is 0 Å². The maximum Gasteiger partial charge on any atom is 0.196 e. The van der Waals surface area contributed by atoms with Gasteiger partial charge in [0.2, 0.25) is 0 Å². The molecule has 0 aliphatic carbocycles. The lowest BCUT2D eigenvalue weighted by atomic mass is 9.85. The number of anilines is 1. The van der Waals surface area contributed by atoms with Crippen molar-refractivity contribution in [1.82, 2.24) is 35.2 Å². The molecule has 0 bridgehead atoms. The van der Waals surface area contributed by atoms with Crippen LogP contribution in [0.4, 0.5) is 5.82 Å². The molecule has 10 heteroatoms. The number of fused-ring (bicyclic) bond motifs is 3. The van der Waals surface area contributed by atoms with E-state index < -0.39 is 0 Å². The number of piperidine rings is 1. The first-order chi connectivity index (χ1) is 15.2. The highest BCUT2D eigenvalue weighted by atomic mass is 35.5. The predicted octanol–water partition coefficient (Wildman–Crippen LogP) is 3.46. The molecule has 0 spiro atoms. The fraction of sp³-hybridized carbons (Fsp3) is 0.381. The quantitative estimate of drug-likeness (QED) is 0.454. The number of hydrogen-bond acceptors (Lipinski definition) is 8. The molecular formula is C21H21ClN8S. The molecule has 2 atom stereocenters. The van der Waals surface area contributed by atoms with Crippen LogP contribution in [0.5, 0.6) is 0 Å². The smallest absolute Gasteiger partial charge is 0.196 e. The van der Waals surface area contributed by atoms with Gasteiger partial charge in [0.1, 0.15) is 17.0 Å². The summed E-state index contributed by atoms with van der Waals surface area (Å²) in [5.74, 6) is 1.69. The molecule has 0 aromatic carbocycles. The number of aromatic nitrogens is 6. The molecule has 31 heavy (non-hydrogen) atoms. The van der Waals surface area contributed by atoms with E-state index in [4.69, 9.17) is 21.6 Å². The maximum absolute atomic E-state index is 6.75. The van der Waals surface area contributed by atoms with Gasteiger partial charge in [-0.15, -0.1) is 0 Å². The zero-order valence-electron chi connectivity index (χ0n) is 17.0. The predicted molar refractivity (Wildman–Crippen MR) is 122 cm³/mol. The summed E-state index contributed by atoms with van der Waals surface area (Å²) in [5, 5.41) is 5.86. The van der Waals surface area contributed by atoms with Crippen LogP contribution in [0.2, 0.25) is 5.02 Å². The number of halogens is 1. The van der Waals surface area contributed by atoms with Crippen LogP contribution in [-0.2, 0) is 6.42 Å². The molecule has 0 amide bonds. The monoisotopic (exact) mass is 452 g/mol. The number of aromatic amines is 1. The van der Waals surface area contributed by atoms with Crippen molar-refractivity contribution in [2.75, 3.05) is 24.5 Å². The molecule has 6 heterocycles. The molecule has 0 saturated carbocycles. The molecule has 8 nitrogen and oxygen atoms in total. The Bertz CT molecular complexity index is 1290. The highest BCUT2D eigenvalue weighted by Gasteiger charge is 2.37. The molecule has 158 valence electrons. The van der Waals surface area contributed by atoms with Crippen LogP contribution in [0.15, 0.2) is 34.7 Å². The van der Waals surface area contributed by atoms with E-state index in [1.807, 2.05) is 6.07 Å². The molecule has 1 unspecified atom stereocenters. The van der Waals surface area contributed by atoms with Gasteiger partial charge < -0.3 is 15.2 Å². The van der Waals surface area contributed by atoms with Crippen LogP contribution in [0, 0.1) is 5.92 Å². The normalized spacial score (nSPS) is 20.8. The first-order valence-corrected chi connectivity index (χ1v) is 11.7. The summed E-state index contributed by atoms with van der Waals surface area (Å²) in [4.78, 5) is 29.4. The lowest BCUT2D eigenvalue weighted by Gasteiger charge is -2.46. The van der Waals surface area contributed by atoms with Crippen molar-refractivity contribution >= 4 is 51.4 Å². The summed E-state index contributed by atoms with van der Waals surface area (Å²) in [6.45, 7) is 5.14. The number of aryl methyl sites for hydroxylation is 1. The Balaban J connectivity index is 1.42. The second-order valence-electron chi connectivity index (χ2n) is 8.01. The maximum atomic E-state index is 6.75. The van der Waals surface area contributed by atoms with E-state index in [0.29, 0.717) is 16.8 Å². The third-order valence-electron chi connectivity index (χ3n) is 6.18. The molecule has 6 rings (SSSR count). The molecule has 2 fully saturated rings. The lowest BCUT2D eigenvalue weighted by molar-refractivity contribution is 0.196. The van der Waals surface area contributed by atoms with Gasteiger partial charge in [-0.2, -0.15) is 0 Å². The van der Waals surface area contributed by atoms with Crippen molar-refractivity contribution in [3.8, 4) is 0 Å². The Kier molecular flexibility index (Phi) is 4.70. The van der Waals surface area contributed by atoms with Crippen LogP contribution in [0.3, 0.4) is 0 Å². The molecular weight excluding hydrogens is 432 g/mol. The number of nitrogens with zero attached hydrogens (tertiary/aromatic N) is 6. The van der Waals surface area contributed by atoms with E-state index in [-0.39, 0.29) is 0 Å². The average Bonchev–Trinajstić information content (AvgIpc) is 3.09. The van der Waals surface area contributed by atoms with Crippen molar-refractivity contribution in [2.24, 2.45) is 5.92 Å². The molecule has 4 aromatic rings. The number of hydrogen-bond donors (Lipinski definition) is 2. The fourth-order valence-electron chi connectivity index (χ4n) is 4.40. The lowest BCUT2D eigenvalue weighted by Crippen LogP contribution is -2.62. The summed E-state index contributed by atoms with van der Waals surface area (Å²) >= 11 is 8.23. The van der Waals surface area contributed by atoms with Crippen molar-refractivity contribution in [2.45, 2.75) is 35.9 Å². The minimum Gasteiger partial charge on any atom is -0.354 e. The average molecular weight is 453 g/mol. The minimum atomic E-state index is 0.529. The Hall–Kier alpha value is -2.49. The highest BCUT2D eigenvalue weighted by Crippen LogP contribution is 2.38. The molecule has 4 aromatic heterocycles. The second-order valence-corrected chi connectivity index (χ2v) is 9.42. The Morgan fingerprint density at radius 1 is 1.23 bits per heavy atom. The van der Waals surface area contributed by atoms with Crippen molar-refractivity contribution in [3.63, 3.8) is 0 Å². The first kappa shape index (κ1) is 19.2. The standard InChI is InChI=1S/C21H21ClN8S/c1-2-13-17(22)16-19(27-13)28-21(29-20(16)30-6-3-11-8-25-15(11)10-30)31-12-7-14-18(26-9-12)24-5-4-23-14/h4-5,7,9,11,15,25H,2-3,6,8,10H2,1H3,(H,27,28,29)/t11?,15-/m0/s1. The summed E-state index contributed by atoms with van der Waals surface area (Å²) in [5.41, 5.74) is 3.16. The van der Waals surface area contributed by atoms with Crippen molar-refractivity contribution in [1.29, 1.82) is 0 Å². The van der Waals surface area contributed by atoms with Gasteiger partial charge >= 0.3 is 0 Å². The van der Waals surface area contributed by atoms with Gasteiger partial charge in [0.15, 0.2) is 10.8 Å². The third-order valence-corrected chi connectivity index (χ3v) is 7.42. The SMILES string of the molecule is CCc1[nH]c2nc(Sc3cnc4nccnc4c3)nc(N3CCC4CN[C@H]4C3)c2c1Cl. The summed E-state index contributed by atoms with van der Waals surface area (Å²) in [6, 6.07) is 2.50. The Labute approximate surface area is 188 Å². The van der Waals surface area contributed by atoms with Gasteiger partial charge in [0.05, 0.1) is 10.4 Å². The number of rotatable bonds is 4. The van der Waals surface area contributed by atoms with Gasteiger partial charge in [-0.3, -0.25) is 4.98 Å². The zero-order chi connectivity index (χ0) is 20.9. The Morgan fingerprint density at radius 3 is 2.94 bits per heavy atom. The molecule has 2 aliphatic rings. The first-order valence-electron chi connectivity index (χ1n) is 10.5. The molecule has 2 aliphatic heterocycles. The van der Waals surface area contributed by atoms with Gasteiger partial charge in [0, 0.05) is 48.3 Å². The van der Waals surface area contributed by atoms with Crippen molar-refractivity contribution in [3.05, 3.63) is 35.4 Å². The fourth-order valence-corrected chi connectivity index (χ4v) is 5.51. The third kappa shape index (κ3) is 3.31. The topological polar surface area (TPSA) is 95.5 Å². The second kappa shape index (κ2) is 7.58. The zero-order valence-corrected chi connectivity index (χ0v) is 18.5. The van der Waals surface area contributed by atoms with Crippen LogP contribution < -0.4 is 10.2 Å². The number of nitrogens with one attached hydrogen (secondary N) is 2. The molecule has 2 saturated heterocycles. The summed E-state index contributed by atoms with van der Waals surface area (Å²) in [7, 11) is 0. The number of pyridine rings is 1. The van der Waals surface area contributed by atoms with Gasteiger partial charge in [-0.25, -0.2) is 19.9 Å². The van der Waals surface area contributed by atoms with E-state index in [1.165, 1.54) is 18.2 Å². The van der Waals surface area contributed by atoms with E-state index in [1.54, 1.807) is 18.6 Å². The highest BCUT2D eigenvalue weighted by molar-refractivity contribution is 7.99. The Morgan fingerprint density at radius 2 is 2.13 bits per heavy atom. The largest absolute Gasteiger partial charge is 0.354 e. The number of H-pyrrole nitrogens is 1. The van der Waals surface area contributed by atoms with Gasteiger partial charge in [-0.05, 0) is 43.1 Å². The summed E-state index contributed by atoms with van der Waals surface area (Å²) in [6.07, 6.45) is 7.09. The van der Waals surface area contributed by atoms with Crippen LogP contribution in [-0.4, -0.2) is 55.6 Å². The summed E-state index contributed by atoms with van der Waals surface area (Å²) < 4.78 is 0. The molecule has 0 radical (unpaired) electrons. The van der Waals surface area contributed by atoms with Gasteiger partial charge in [-0.1, -0.05) is 18.5 Å².